The van der Waals surface area contributed by atoms with Gasteiger partial charge in [0.2, 0.25) is 0 Å². The zero-order valence-electron chi connectivity index (χ0n) is 13.5. The van der Waals surface area contributed by atoms with Gasteiger partial charge in [-0.25, -0.2) is 4.98 Å². The van der Waals surface area contributed by atoms with Crippen molar-refractivity contribution in [2.75, 3.05) is 0 Å². The Bertz CT molecular complexity index is 457. The molecule has 4 heteroatoms. The Morgan fingerprint density at radius 3 is 2.10 bits per heavy atom. The van der Waals surface area contributed by atoms with E-state index in [1.807, 2.05) is 6.92 Å². The van der Waals surface area contributed by atoms with Gasteiger partial charge >= 0.3 is 0 Å². The zero-order valence-corrected chi connectivity index (χ0v) is 15.1. The SMILES string of the molecule is CCCCCCCCCCCCn1cnc(C)c(Br)c1=O. The van der Waals surface area contributed by atoms with Crippen LogP contribution in [0.4, 0.5) is 0 Å². The fourth-order valence-corrected chi connectivity index (χ4v) is 2.81. The Morgan fingerprint density at radius 2 is 1.52 bits per heavy atom. The molecular weight excluding hydrogens is 328 g/mol. The lowest BCUT2D eigenvalue weighted by Crippen LogP contribution is -2.22. The highest BCUT2D eigenvalue weighted by Crippen LogP contribution is 2.11. The average Bonchev–Trinajstić information content (AvgIpc) is 2.49. The van der Waals surface area contributed by atoms with Crippen molar-refractivity contribution in [2.24, 2.45) is 0 Å². The Morgan fingerprint density at radius 1 is 1.00 bits per heavy atom. The number of rotatable bonds is 11. The van der Waals surface area contributed by atoms with Gasteiger partial charge in [-0.2, -0.15) is 0 Å². The molecule has 1 rings (SSSR count). The van der Waals surface area contributed by atoms with E-state index in [-0.39, 0.29) is 5.56 Å². The van der Waals surface area contributed by atoms with Crippen molar-refractivity contribution in [3.05, 3.63) is 26.8 Å². The molecule has 0 spiro atoms. The highest BCUT2D eigenvalue weighted by Gasteiger charge is 2.04. The Kier molecular flexibility index (Phi) is 9.64. The third kappa shape index (κ3) is 7.25. The normalized spacial score (nSPS) is 11.0. The van der Waals surface area contributed by atoms with Crippen LogP contribution < -0.4 is 5.56 Å². The number of aryl methyl sites for hydroxylation is 2. The molecule has 0 amide bonds. The third-order valence-corrected chi connectivity index (χ3v) is 4.82. The van der Waals surface area contributed by atoms with Gasteiger partial charge in [-0.05, 0) is 29.3 Å². The van der Waals surface area contributed by atoms with Gasteiger partial charge in [0.05, 0.1) is 12.0 Å². The van der Waals surface area contributed by atoms with Crippen molar-refractivity contribution in [1.29, 1.82) is 0 Å². The number of halogens is 1. The fraction of sp³-hybridized carbons (Fsp3) is 0.765. The second-order valence-corrected chi connectivity index (χ2v) is 6.62. The molecule has 0 radical (unpaired) electrons. The third-order valence-electron chi connectivity index (χ3n) is 3.91. The van der Waals surface area contributed by atoms with E-state index in [0.717, 1.165) is 18.7 Å². The van der Waals surface area contributed by atoms with Crippen LogP contribution in [0.2, 0.25) is 0 Å². The van der Waals surface area contributed by atoms with E-state index >= 15 is 0 Å². The number of hydrogen-bond acceptors (Lipinski definition) is 2. The van der Waals surface area contributed by atoms with Crippen molar-refractivity contribution in [3.8, 4) is 0 Å². The molecule has 3 nitrogen and oxygen atoms in total. The van der Waals surface area contributed by atoms with Gasteiger partial charge in [0.1, 0.15) is 4.47 Å². The molecule has 1 heterocycles. The Balaban J connectivity index is 2.07. The standard InChI is InChI=1S/C17H29BrN2O/c1-3-4-5-6-7-8-9-10-11-12-13-20-14-19-15(2)16(18)17(20)21/h14H,3-13H2,1-2H3. The molecule has 1 aromatic rings. The maximum Gasteiger partial charge on any atom is 0.267 e. The van der Waals surface area contributed by atoms with Crippen LogP contribution in [-0.4, -0.2) is 9.55 Å². The van der Waals surface area contributed by atoms with Crippen LogP contribution >= 0.6 is 15.9 Å². The first kappa shape index (κ1) is 18.4. The molecule has 1 aromatic heterocycles. The summed E-state index contributed by atoms with van der Waals surface area (Å²) in [5.74, 6) is 0. The summed E-state index contributed by atoms with van der Waals surface area (Å²) in [7, 11) is 0. The van der Waals surface area contributed by atoms with Gasteiger partial charge in [-0.15, -0.1) is 0 Å². The predicted octanol–water partition coefficient (Wildman–Crippen LogP) is 5.24. The smallest absolute Gasteiger partial charge is 0.267 e. The molecule has 0 aliphatic carbocycles. The minimum Gasteiger partial charge on any atom is -0.298 e. The van der Waals surface area contributed by atoms with Crippen LogP contribution in [0.3, 0.4) is 0 Å². The van der Waals surface area contributed by atoms with Gasteiger partial charge in [0.25, 0.3) is 5.56 Å². The van der Waals surface area contributed by atoms with Crippen LogP contribution in [0.15, 0.2) is 15.6 Å². The molecule has 21 heavy (non-hydrogen) atoms. The molecule has 0 saturated carbocycles. The molecule has 0 N–H and O–H groups in total. The quantitative estimate of drug-likeness (QED) is 0.508. The van der Waals surface area contributed by atoms with Crippen molar-refractivity contribution < 1.29 is 0 Å². The van der Waals surface area contributed by atoms with Crippen molar-refractivity contribution in [3.63, 3.8) is 0 Å². The molecule has 0 atom stereocenters. The van der Waals surface area contributed by atoms with E-state index < -0.39 is 0 Å². The minimum absolute atomic E-state index is 0.0402. The lowest BCUT2D eigenvalue weighted by molar-refractivity contribution is 0.526. The summed E-state index contributed by atoms with van der Waals surface area (Å²) in [6.45, 7) is 4.88. The van der Waals surface area contributed by atoms with Crippen LogP contribution in [0.5, 0.6) is 0 Å². The molecular formula is C17H29BrN2O. The van der Waals surface area contributed by atoms with E-state index in [9.17, 15) is 4.79 Å². The average molecular weight is 357 g/mol. The second-order valence-electron chi connectivity index (χ2n) is 5.82. The van der Waals surface area contributed by atoms with Crippen LogP contribution in [0.1, 0.15) is 76.8 Å². The monoisotopic (exact) mass is 356 g/mol. The van der Waals surface area contributed by atoms with Crippen molar-refractivity contribution in [1.82, 2.24) is 9.55 Å². The molecule has 0 saturated heterocycles. The molecule has 0 unspecified atom stereocenters. The van der Waals surface area contributed by atoms with Gasteiger partial charge in [0.15, 0.2) is 0 Å². The number of nitrogens with zero attached hydrogens (tertiary/aromatic N) is 2. The van der Waals surface area contributed by atoms with E-state index in [1.54, 1.807) is 10.9 Å². The number of hydrogen-bond donors (Lipinski definition) is 0. The summed E-state index contributed by atoms with van der Waals surface area (Å²) in [6, 6.07) is 0. The molecule has 0 aliphatic rings. The van der Waals surface area contributed by atoms with E-state index in [1.165, 1.54) is 57.8 Å². The van der Waals surface area contributed by atoms with Gasteiger partial charge in [-0.3, -0.25) is 9.36 Å². The van der Waals surface area contributed by atoms with Crippen molar-refractivity contribution >= 4 is 15.9 Å². The minimum atomic E-state index is 0.0402. The summed E-state index contributed by atoms with van der Waals surface area (Å²) in [6.07, 6.45) is 14.8. The lowest BCUT2D eigenvalue weighted by atomic mass is 10.1. The van der Waals surface area contributed by atoms with E-state index in [2.05, 4.69) is 27.8 Å². The van der Waals surface area contributed by atoms with E-state index in [0.29, 0.717) is 4.47 Å². The number of unbranched alkanes of at least 4 members (excludes halogenated alkanes) is 9. The van der Waals surface area contributed by atoms with Gasteiger partial charge < -0.3 is 0 Å². The first-order valence-corrected chi connectivity index (χ1v) is 9.17. The lowest BCUT2D eigenvalue weighted by Gasteiger charge is -2.07. The van der Waals surface area contributed by atoms with Crippen molar-refractivity contribution in [2.45, 2.75) is 84.6 Å². The first-order chi connectivity index (χ1) is 10.2. The first-order valence-electron chi connectivity index (χ1n) is 8.38. The largest absolute Gasteiger partial charge is 0.298 e. The molecule has 120 valence electrons. The predicted molar refractivity (Wildman–Crippen MR) is 92.8 cm³/mol. The topological polar surface area (TPSA) is 34.9 Å². The summed E-state index contributed by atoms with van der Waals surface area (Å²) in [5, 5.41) is 0. The molecule has 0 aliphatic heterocycles. The summed E-state index contributed by atoms with van der Waals surface area (Å²) < 4.78 is 2.30. The zero-order chi connectivity index (χ0) is 15.5. The highest BCUT2D eigenvalue weighted by atomic mass is 79.9. The van der Waals surface area contributed by atoms with Crippen LogP contribution in [0.25, 0.3) is 0 Å². The van der Waals surface area contributed by atoms with Gasteiger partial charge in [-0.1, -0.05) is 64.7 Å². The fourth-order valence-electron chi connectivity index (χ4n) is 2.48. The maximum atomic E-state index is 12.0. The molecule has 0 aromatic carbocycles. The Labute approximate surface area is 137 Å². The maximum absolute atomic E-state index is 12.0. The number of aromatic nitrogens is 2. The summed E-state index contributed by atoms with van der Waals surface area (Å²) in [4.78, 5) is 16.2. The van der Waals surface area contributed by atoms with E-state index in [4.69, 9.17) is 0 Å². The van der Waals surface area contributed by atoms with Crippen LogP contribution in [-0.2, 0) is 6.54 Å². The van der Waals surface area contributed by atoms with Gasteiger partial charge in [0, 0.05) is 6.54 Å². The second kappa shape index (κ2) is 11.0. The summed E-state index contributed by atoms with van der Waals surface area (Å²) >= 11 is 3.30. The van der Waals surface area contributed by atoms with Crippen LogP contribution in [0, 0.1) is 6.92 Å². The highest BCUT2D eigenvalue weighted by molar-refractivity contribution is 9.10. The molecule has 0 bridgehead atoms. The summed E-state index contributed by atoms with van der Waals surface area (Å²) in [5.41, 5.74) is 0.803. The Hall–Kier alpha value is -0.640. The molecule has 0 fully saturated rings.